The number of nitrogens with zero attached hydrogens (tertiary/aromatic N) is 1. The number of benzene rings is 3. The molecule has 0 saturated carbocycles. The van der Waals surface area contributed by atoms with Gasteiger partial charge in [-0.3, -0.25) is 9.59 Å². The fourth-order valence-corrected chi connectivity index (χ4v) is 3.55. The van der Waals surface area contributed by atoms with Crippen molar-refractivity contribution in [2.45, 2.75) is 32.7 Å². The molecule has 3 aromatic carbocycles. The summed E-state index contributed by atoms with van der Waals surface area (Å²) in [5.74, 6) is -0.304. The number of rotatable bonds is 7. The first-order chi connectivity index (χ1) is 14.4. The quantitative estimate of drug-likeness (QED) is 0.458. The Bertz CT molecular complexity index is 1070. The largest absolute Gasteiger partial charge is 0.335 e. The number of carbonyl (C=O) groups excluding carboxylic acids is 2. The van der Waals surface area contributed by atoms with Crippen molar-refractivity contribution in [3.05, 3.63) is 76.3 Å². The van der Waals surface area contributed by atoms with Gasteiger partial charge in [0.15, 0.2) is 0 Å². The second-order valence-corrected chi connectivity index (χ2v) is 8.06. The Balaban J connectivity index is 1.67. The first-order valence-electron chi connectivity index (χ1n) is 9.93. The highest BCUT2D eigenvalue weighted by molar-refractivity contribution is 6.42. The van der Waals surface area contributed by atoms with Crippen LogP contribution in [0.5, 0.6) is 0 Å². The van der Waals surface area contributed by atoms with Crippen LogP contribution in [-0.4, -0.2) is 29.3 Å². The molecule has 3 aromatic rings. The van der Waals surface area contributed by atoms with E-state index in [2.05, 4.69) is 5.32 Å². The molecule has 156 valence electrons. The van der Waals surface area contributed by atoms with Gasteiger partial charge in [0.2, 0.25) is 5.91 Å². The maximum atomic E-state index is 13.0. The molecule has 2 amide bonds. The van der Waals surface area contributed by atoms with Gasteiger partial charge in [0.05, 0.1) is 10.0 Å². The lowest BCUT2D eigenvalue weighted by molar-refractivity contribution is -0.116. The Labute approximate surface area is 186 Å². The molecule has 0 heterocycles. The van der Waals surface area contributed by atoms with Crippen molar-refractivity contribution < 1.29 is 9.59 Å². The lowest BCUT2D eigenvalue weighted by Crippen LogP contribution is -2.40. The highest BCUT2D eigenvalue weighted by Gasteiger charge is 2.22. The fraction of sp³-hybridized carbons (Fsp3) is 0.250. The summed E-state index contributed by atoms with van der Waals surface area (Å²) in [5, 5.41) is 5.84. The van der Waals surface area contributed by atoms with Crippen molar-refractivity contribution in [3.8, 4) is 0 Å². The van der Waals surface area contributed by atoms with Crippen molar-refractivity contribution in [2.24, 2.45) is 0 Å². The summed E-state index contributed by atoms with van der Waals surface area (Å²) in [5.41, 5.74) is 1.20. The average molecular weight is 443 g/mol. The van der Waals surface area contributed by atoms with Gasteiger partial charge in [-0.25, -0.2) is 0 Å². The summed E-state index contributed by atoms with van der Waals surface area (Å²) in [6.07, 6.45) is 0.976. The van der Waals surface area contributed by atoms with Gasteiger partial charge in [-0.1, -0.05) is 60.5 Å². The number of fused-ring (bicyclic) bond motifs is 1. The number of carbonyl (C=O) groups is 2. The minimum atomic E-state index is -0.165. The van der Waals surface area contributed by atoms with Gasteiger partial charge in [0, 0.05) is 30.3 Å². The lowest BCUT2D eigenvalue weighted by Gasteiger charge is -2.28. The van der Waals surface area contributed by atoms with Crippen molar-refractivity contribution in [1.29, 1.82) is 0 Å². The molecule has 0 aliphatic heterocycles. The molecule has 0 saturated heterocycles. The van der Waals surface area contributed by atoms with E-state index in [9.17, 15) is 9.59 Å². The maximum absolute atomic E-state index is 13.0. The third-order valence-electron chi connectivity index (χ3n) is 5.16. The zero-order valence-electron chi connectivity index (χ0n) is 17.0. The van der Waals surface area contributed by atoms with E-state index in [1.54, 1.807) is 23.1 Å². The fourth-order valence-electron chi connectivity index (χ4n) is 3.25. The van der Waals surface area contributed by atoms with E-state index in [-0.39, 0.29) is 24.3 Å². The number of halogens is 2. The Morgan fingerprint density at radius 3 is 2.40 bits per heavy atom. The number of amides is 2. The number of nitrogens with one attached hydrogen (secondary N) is 1. The molecule has 1 atom stereocenters. The molecule has 30 heavy (non-hydrogen) atoms. The van der Waals surface area contributed by atoms with Gasteiger partial charge in [0.25, 0.3) is 5.91 Å². The average Bonchev–Trinajstić information content (AvgIpc) is 2.75. The minimum Gasteiger partial charge on any atom is -0.335 e. The summed E-state index contributed by atoms with van der Waals surface area (Å²) in [6.45, 7) is 4.29. The van der Waals surface area contributed by atoms with Gasteiger partial charge in [-0.05, 0) is 54.4 Å². The van der Waals surface area contributed by atoms with E-state index in [1.165, 1.54) is 0 Å². The zero-order valence-corrected chi connectivity index (χ0v) is 18.5. The molecule has 0 fully saturated rings. The molecule has 6 heteroatoms. The van der Waals surface area contributed by atoms with Crippen molar-refractivity contribution in [1.82, 2.24) is 4.90 Å². The number of hydrogen-bond acceptors (Lipinski definition) is 2. The van der Waals surface area contributed by atoms with Crippen molar-refractivity contribution >= 4 is 51.5 Å². The van der Waals surface area contributed by atoms with E-state index >= 15 is 0 Å². The third-order valence-corrected chi connectivity index (χ3v) is 5.90. The molecule has 0 radical (unpaired) electrons. The molecular formula is C24H24Cl2N2O2. The summed E-state index contributed by atoms with van der Waals surface area (Å²) in [7, 11) is 0. The SMILES string of the molecule is CCC(C)N(CCC(=O)Nc1ccc2ccccc2c1)C(=O)c1ccc(Cl)c(Cl)c1. The van der Waals surface area contributed by atoms with Crippen LogP contribution in [0.15, 0.2) is 60.7 Å². The predicted octanol–water partition coefficient (Wildman–Crippen LogP) is 6.42. The first-order valence-corrected chi connectivity index (χ1v) is 10.7. The van der Waals surface area contributed by atoms with Crippen LogP contribution >= 0.6 is 23.2 Å². The van der Waals surface area contributed by atoms with E-state index < -0.39 is 0 Å². The minimum absolute atomic E-state index is 0.0135. The predicted molar refractivity (Wildman–Crippen MR) is 124 cm³/mol. The van der Waals surface area contributed by atoms with Crippen LogP contribution in [0.4, 0.5) is 5.69 Å². The molecule has 4 nitrogen and oxygen atoms in total. The van der Waals surface area contributed by atoms with Crippen LogP contribution in [0.2, 0.25) is 10.0 Å². The number of anilines is 1. The number of hydrogen-bond donors (Lipinski definition) is 1. The maximum Gasteiger partial charge on any atom is 0.254 e. The lowest BCUT2D eigenvalue weighted by atomic mass is 10.1. The van der Waals surface area contributed by atoms with Crippen LogP contribution in [0, 0.1) is 0 Å². The van der Waals surface area contributed by atoms with Gasteiger partial charge in [0.1, 0.15) is 0 Å². The summed E-state index contributed by atoms with van der Waals surface area (Å²) >= 11 is 12.0. The summed E-state index contributed by atoms with van der Waals surface area (Å²) in [6, 6.07) is 18.6. The first kappa shape index (κ1) is 22.1. The highest BCUT2D eigenvalue weighted by Crippen LogP contribution is 2.24. The Morgan fingerprint density at radius 2 is 1.70 bits per heavy atom. The molecule has 0 aliphatic rings. The van der Waals surface area contributed by atoms with Crippen molar-refractivity contribution in [3.63, 3.8) is 0 Å². The standard InChI is InChI=1S/C24H24Cl2N2O2/c1-3-16(2)28(24(30)19-9-11-21(25)22(26)15-19)13-12-23(29)27-20-10-8-17-6-4-5-7-18(17)14-20/h4-11,14-16H,3,12-13H2,1-2H3,(H,27,29). The van der Waals surface area contributed by atoms with Crippen LogP contribution in [0.3, 0.4) is 0 Å². The highest BCUT2D eigenvalue weighted by atomic mass is 35.5. The summed E-state index contributed by atoms with van der Waals surface area (Å²) in [4.78, 5) is 27.3. The van der Waals surface area contributed by atoms with Gasteiger partial charge < -0.3 is 10.2 Å². The van der Waals surface area contributed by atoms with Crippen molar-refractivity contribution in [2.75, 3.05) is 11.9 Å². The second kappa shape index (κ2) is 9.96. The monoisotopic (exact) mass is 442 g/mol. The normalized spacial score (nSPS) is 11.9. The third kappa shape index (κ3) is 5.32. The Hall–Kier alpha value is -2.56. The van der Waals surface area contributed by atoms with Crippen LogP contribution in [-0.2, 0) is 4.79 Å². The Kier molecular flexibility index (Phi) is 7.35. The Morgan fingerprint density at radius 1 is 0.967 bits per heavy atom. The molecule has 0 bridgehead atoms. The van der Waals surface area contributed by atoms with Crippen LogP contribution in [0.1, 0.15) is 37.0 Å². The molecule has 0 aromatic heterocycles. The molecule has 1 N–H and O–H groups in total. The molecule has 0 aliphatic carbocycles. The van der Waals surface area contributed by atoms with E-state index in [0.717, 1.165) is 22.9 Å². The molecular weight excluding hydrogens is 419 g/mol. The smallest absolute Gasteiger partial charge is 0.254 e. The molecule has 0 spiro atoms. The van der Waals surface area contributed by atoms with E-state index in [4.69, 9.17) is 23.2 Å². The second-order valence-electron chi connectivity index (χ2n) is 7.24. The van der Waals surface area contributed by atoms with Gasteiger partial charge in [-0.2, -0.15) is 0 Å². The van der Waals surface area contributed by atoms with Crippen LogP contribution < -0.4 is 5.32 Å². The molecule has 1 unspecified atom stereocenters. The van der Waals surface area contributed by atoms with Gasteiger partial charge >= 0.3 is 0 Å². The summed E-state index contributed by atoms with van der Waals surface area (Å²) < 4.78 is 0. The van der Waals surface area contributed by atoms with Gasteiger partial charge in [-0.15, -0.1) is 0 Å². The van der Waals surface area contributed by atoms with Crippen LogP contribution in [0.25, 0.3) is 10.8 Å². The topological polar surface area (TPSA) is 49.4 Å². The van der Waals surface area contributed by atoms with E-state index in [0.29, 0.717) is 22.2 Å². The molecule has 3 rings (SSSR count). The zero-order chi connectivity index (χ0) is 21.7. The van der Waals surface area contributed by atoms with E-state index in [1.807, 2.05) is 56.3 Å².